The molecule has 1 fully saturated rings. The first-order valence-electron chi connectivity index (χ1n) is 10.3. The Balaban J connectivity index is 1.55. The summed E-state index contributed by atoms with van der Waals surface area (Å²) in [5.74, 6) is -1.22. The van der Waals surface area contributed by atoms with Crippen molar-refractivity contribution in [1.29, 1.82) is 0 Å². The molecule has 166 valence electrons. The Morgan fingerprint density at radius 2 is 1.62 bits per heavy atom. The third-order valence-electron chi connectivity index (χ3n) is 4.88. The number of rotatable bonds is 8. The van der Waals surface area contributed by atoms with Crippen molar-refractivity contribution in [2.75, 3.05) is 13.1 Å². The maximum Gasteiger partial charge on any atom is 0.293 e. The summed E-state index contributed by atoms with van der Waals surface area (Å²) >= 11 is 0.882. The van der Waals surface area contributed by atoms with Crippen molar-refractivity contribution in [2.45, 2.75) is 19.9 Å². The van der Waals surface area contributed by atoms with Gasteiger partial charge in [-0.05, 0) is 41.5 Å². The van der Waals surface area contributed by atoms with Crippen LogP contribution in [-0.4, -0.2) is 47.0 Å². The lowest BCUT2D eigenvalue weighted by atomic mass is 10.0. The summed E-state index contributed by atoms with van der Waals surface area (Å²) in [7, 11) is 0. The van der Waals surface area contributed by atoms with E-state index in [9.17, 15) is 19.2 Å². The number of amides is 4. The van der Waals surface area contributed by atoms with E-state index in [0.717, 1.165) is 22.2 Å². The van der Waals surface area contributed by atoms with E-state index in [0.29, 0.717) is 10.5 Å². The van der Waals surface area contributed by atoms with Crippen LogP contribution < -0.4 is 10.6 Å². The molecule has 1 aliphatic heterocycles. The van der Waals surface area contributed by atoms with E-state index in [1.807, 2.05) is 50.2 Å². The Kier molecular flexibility index (Phi) is 7.83. The summed E-state index contributed by atoms with van der Waals surface area (Å²) in [6.07, 6.45) is 1.68. The number of benzene rings is 2. The van der Waals surface area contributed by atoms with Gasteiger partial charge in [0.2, 0.25) is 5.91 Å². The van der Waals surface area contributed by atoms with E-state index in [1.165, 1.54) is 0 Å². The van der Waals surface area contributed by atoms with Crippen molar-refractivity contribution in [3.63, 3.8) is 0 Å². The number of hydrogen-bond acceptors (Lipinski definition) is 5. The number of imide groups is 1. The molecule has 2 N–H and O–H groups in total. The largest absolute Gasteiger partial charge is 0.353 e. The average Bonchev–Trinajstić information content (AvgIpc) is 3.05. The van der Waals surface area contributed by atoms with Gasteiger partial charge in [0.15, 0.2) is 0 Å². The Hall–Kier alpha value is -3.39. The van der Waals surface area contributed by atoms with Crippen molar-refractivity contribution in [2.24, 2.45) is 5.92 Å². The van der Waals surface area contributed by atoms with Crippen LogP contribution in [0.4, 0.5) is 4.79 Å². The first-order chi connectivity index (χ1) is 15.4. The van der Waals surface area contributed by atoms with Gasteiger partial charge in [-0.3, -0.25) is 24.1 Å². The van der Waals surface area contributed by atoms with Gasteiger partial charge in [-0.15, -0.1) is 0 Å². The molecule has 1 saturated heterocycles. The zero-order chi connectivity index (χ0) is 23.1. The number of nitrogens with one attached hydrogen (secondary N) is 2. The molecule has 0 aromatic heterocycles. The van der Waals surface area contributed by atoms with Crippen LogP contribution >= 0.6 is 11.8 Å². The van der Waals surface area contributed by atoms with Crippen molar-refractivity contribution in [1.82, 2.24) is 15.5 Å². The van der Waals surface area contributed by atoms with E-state index < -0.39 is 6.04 Å². The maximum absolute atomic E-state index is 12.7. The van der Waals surface area contributed by atoms with Gasteiger partial charge in [-0.1, -0.05) is 62.4 Å². The van der Waals surface area contributed by atoms with E-state index in [4.69, 9.17) is 0 Å². The molecule has 0 aliphatic carbocycles. The van der Waals surface area contributed by atoms with Crippen LogP contribution in [0.25, 0.3) is 6.08 Å². The lowest BCUT2D eigenvalue weighted by Gasteiger charge is -2.22. The molecule has 0 radical (unpaired) electrons. The van der Waals surface area contributed by atoms with Crippen molar-refractivity contribution < 1.29 is 19.2 Å². The molecule has 2 aromatic carbocycles. The Morgan fingerprint density at radius 3 is 2.25 bits per heavy atom. The van der Waals surface area contributed by atoms with Crippen LogP contribution in [0.2, 0.25) is 0 Å². The molecule has 2 aromatic rings. The third-order valence-corrected chi connectivity index (χ3v) is 5.78. The minimum absolute atomic E-state index is 0.0555. The topological polar surface area (TPSA) is 95.6 Å². The summed E-state index contributed by atoms with van der Waals surface area (Å²) < 4.78 is 0. The zero-order valence-electron chi connectivity index (χ0n) is 17.9. The molecule has 1 aliphatic rings. The first kappa shape index (κ1) is 23.3. The molecule has 7 nitrogen and oxygen atoms in total. The summed E-state index contributed by atoms with van der Waals surface area (Å²) in [4.78, 5) is 51.4. The highest BCUT2D eigenvalue weighted by molar-refractivity contribution is 8.18. The molecule has 0 saturated carbocycles. The highest BCUT2D eigenvalue weighted by atomic mass is 32.2. The van der Waals surface area contributed by atoms with Crippen molar-refractivity contribution in [3.05, 3.63) is 76.7 Å². The van der Waals surface area contributed by atoms with Gasteiger partial charge in [0, 0.05) is 18.7 Å². The van der Waals surface area contributed by atoms with Crippen LogP contribution in [0.5, 0.6) is 0 Å². The number of nitrogens with zero attached hydrogens (tertiary/aromatic N) is 1. The van der Waals surface area contributed by atoms with Gasteiger partial charge < -0.3 is 10.6 Å². The molecule has 3 rings (SSSR count). The van der Waals surface area contributed by atoms with Crippen molar-refractivity contribution in [3.8, 4) is 0 Å². The van der Waals surface area contributed by atoms with Gasteiger partial charge in [-0.25, -0.2) is 0 Å². The number of hydrogen-bond donors (Lipinski definition) is 2. The summed E-state index contributed by atoms with van der Waals surface area (Å²) in [6, 6.07) is 17.2. The quantitative estimate of drug-likeness (QED) is 0.601. The fourth-order valence-electron chi connectivity index (χ4n) is 3.14. The van der Waals surface area contributed by atoms with E-state index in [1.54, 1.807) is 30.3 Å². The normalized spacial score (nSPS) is 15.8. The predicted octanol–water partition coefficient (Wildman–Crippen LogP) is 3.29. The summed E-state index contributed by atoms with van der Waals surface area (Å²) in [5.41, 5.74) is 1.30. The minimum atomic E-state index is -0.740. The van der Waals surface area contributed by atoms with Crippen LogP contribution in [0.3, 0.4) is 0 Å². The second kappa shape index (κ2) is 10.8. The minimum Gasteiger partial charge on any atom is -0.353 e. The zero-order valence-corrected chi connectivity index (χ0v) is 18.7. The molecule has 8 heteroatoms. The second-order valence-corrected chi connectivity index (χ2v) is 8.59. The van der Waals surface area contributed by atoms with Gasteiger partial charge in [-0.2, -0.15) is 0 Å². The van der Waals surface area contributed by atoms with Gasteiger partial charge in [0.1, 0.15) is 6.04 Å². The smallest absolute Gasteiger partial charge is 0.293 e. The van der Waals surface area contributed by atoms with E-state index in [2.05, 4.69) is 10.6 Å². The van der Waals surface area contributed by atoms with Crippen LogP contribution in [-0.2, 0) is 9.59 Å². The number of thioether (sulfide) groups is 1. The van der Waals surface area contributed by atoms with Gasteiger partial charge in [0.25, 0.3) is 17.1 Å². The first-order valence-corrected chi connectivity index (χ1v) is 11.1. The summed E-state index contributed by atoms with van der Waals surface area (Å²) in [5, 5.41) is 5.11. The molecule has 1 atom stereocenters. The monoisotopic (exact) mass is 451 g/mol. The molecule has 0 spiro atoms. The highest BCUT2D eigenvalue weighted by Crippen LogP contribution is 2.31. The van der Waals surface area contributed by atoms with Crippen LogP contribution in [0.15, 0.2) is 65.6 Å². The molecule has 1 heterocycles. The molecular formula is C24H25N3O4S. The molecule has 32 heavy (non-hydrogen) atoms. The van der Waals surface area contributed by atoms with Gasteiger partial charge >= 0.3 is 0 Å². The maximum atomic E-state index is 12.7. The standard InChI is InChI=1S/C24H25N3O4S/c1-16(2)20(26-21(28)18-11-7-4-8-12-18)22(29)25-13-14-27-23(30)19(32-24(27)31)15-17-9-5-3-6-10-17/h3-12,15-16,20H,13-14H2,1-2H3,(H,25,29)(H,26,28)/b19-15-/t20-/m0/s1. The highest BCUT2D eigenvalue weighted by Gasteiger charge is 2.35. The van der Waals surface area contributed by atoms with E-state index >= 15 is 0 Å². The summed E-state index contributed by atoms with van der Waals surface area (Å²) in [6.45, 7) is 3.82. The number of carbonyl (C=O) groups is 4. The predicted molar refractivity (Wildman–Crippen MR) is 125 cm³/mol. The molecule has 0 unspecified atom stereocenters. The molecule has 4 amide bonds. The van der Waals surface area contributed by atoms with Crippen LogP contribution in [0, 0.1) is 5.92 Å². The second-order valence-electron chi connectivity index (χ2n) is 7.60. The molecule has 0 bridgehead atoms. The Bertz CT molecular complexity index is 1020. The fourth-order valence-corrected chi connectivity index (χ4v) is 4.01. The van der Waals surface area contributed by atoms with Crippen molar-refractivity contribution >= 4 is 40.8 Å². The molecular weight excluding hydrogens is 426 g/mol. The Morgan fingerprint density at radius 1 is 1.00 bits per heavy atom. The fraction of sp³-hybridized carbons (Fsp3) is 0.250. The van der Waals surface area contributed by atoms with Gasteiger partial charge in [0.05, 0.1) is 4.91 Å². The van der Waals surface area contributed by atoms with E-state index in [-0.39, 0.29) is 42.0 Å². The van der Waals surface area contributed by atoms with Crippen LogP contribution in [0.1, 0.15) is 29.8 Å². The average molecular weight is 452 g/mol. The lowest BCUT2D eigenvalue weighted by Crippen LogP contribution is -2.51. The lowest BCUT2D eigenvalue weighted by molar-refractivity contribution is -0.125. The third kappa shape index (κ3) is 5.85. The Labute approximate surface area is 191 Å². The SMILES string of the molecule is CC(C)[C@H](NC(=O)c1ccccc1)C(=O)NCCN1C(=O)S/C(=C\c2ccccc2)C1=O. The number of carbonyl (C=O) groups excluding carboxylic acids is 4.